The molecule has 0 heterocycles. The van der Waals surface area contributed by atoms with Crippen LogP contribution < -0.4 is 0 Å². The highest BCUT2D eigenvalue weighted by molar-refractivity contribution is 7.90. The molecule has 4 aliphatic carbocycles. The second-order valence-corrected chi connectivity index (χ2v) is 13.4. The quantitative estimate of drug-likeness (QED) is 0.370. The highest BCUT2D eigenvalue weighted by atomic mass is 32.2. The molecular weight excluding hydrogens is 488 g/mol. The third kappa shape index (κ3) is 4.02. The topological polar surface area (TPSA) is 60.4 Å². The van der Waals surface area contributed by atoms with Gasteiger partial charge >= 0.3 is 0 Å². The lowest BCUT2D eigenvalue weighted by atomic mass is 9.48. The molecule has 2 saturated carbocycles. The fourth-order valence-corrected chi connectivity index (χ4v) is 8.82. The predicted octanol–water partition coefficient (Wildman–Crippen LogP) is 6.46. The van der Waals surface area contributed by atoms with Crippen LogP contribution in [0, 0.1) is 40.9 Å². The highest BCUT2D eigenvalue weighted by Crippen LogP contribution is 2.67. The molecule has 2 fully saturated rings. The Morgan fingerprint density at radius 2 is 1.71 bits per heavy atom. The maximum Gasteiger partial charge on any atom is 0.155 e. The molecule has 0 aliphatic heterocycles. The van der Waals surface area contributed by atoms with E-state index in [0.29, 0.717) is 30.1 Å². The van der Waals surface area contributed by atoms with E-state index in [0.717, 1.165) is 41.7 Å². The number of benzene rings is 2. The molecule has 6 rings (SSSR count). The SMILES string of the molecule is CC#C[C@]1(O)CC[C@H]2[C@@H]3C=CC4=CC(=O)CC[C@@H]4[C@H]3[C@@H](c3ccc(-c4ccc([S+](C)[O-])cc4)cc3)C[C@@]21C. The Bertz CT molecular complexity index is 1360. The van der Waals surface area contributed by atoms with E-state index in [1.165, 1.54) is 11.1 Å². The van der Waals surface area contributed by atoms with Gasteiger partial charge in [-0.25, -0.2) is 0 Å². The van der Waals surface area contributed by atoms with Crippen molar-refractivity contribution in [1.29, 1.82) is 0 Å². The van der Waals surface area contributed by atoms with Crippen LogP contribution in [-0.4, -0.2) is 27.3 Å². The first-order valence-electron chi connectivity index (χ1n) is 13.9. The van der Waals surface area contributed by atoms with E-state index < -0.39 is 16.8 Å². The van der Waals surface area contributed by atoms with E-state index in [1.54, 1.807) is 6.26 Å². The van der Waals surface area contributed by atoms with Crippen LogP contribution in [0.15, 0.2) is 77.2 Å². The molecule has 0 spiro atoms. The fraction of sp³-hybridized carbons (Fsp3) is 0.441. The van der Waals surface area contributed by atoms with E-state index in [-0.39, 0.29) is 17.1 Å². The number of ketones is 1. The van der Waals surface area contributed by atoms with Crippen molar-refractivity contribution in [2.75, 3.05) is 6.26 Å². The molecule has 0 bridgehead atoms. The number of carbonyl (C=O) groups is 1. The average molecular weight is 525 g/mol. The average Bonchev–Trinajstić information content (AvgIpc) is 3.18. The summed E-state index contributed by atoms with van der Waals surface area (Å²) in [7, 11) is 0. The lowest BCUT2D eigenvalue weighted by molar-refractivity contribution is -0.116. The molecule has 0 saturated heterocycles. The Kier molecular flexibility index (Phi) is 6.46. The smallest absolute Gasteiger partial charge is 0.155 e. The van der Waals surface area contributed by atoms with E-state index in [2.05, 4.69) is 55.2 Å². The minimum absolute atomic E-state index is 0.243. The molecule has 1 N–H and O–H groups in total. The van der Waals surface area contributed by atoms with E-state index in [4.69, 9.17) is 0 Å². The van der Waals surface area contributed by atoms with Crippen LogP contribution >= 0.6 is 0 Å². The number of rotatable bonds is 3. The largest absolute Gasteiger partial charge is 0.612 e. The number of allylic oxidation sites excluding steroid dienone is 4. The Labute approximate surface area is 229 Å². The number of hydrogen-bond acceptors (Lipinski definition) is 3. The zero-order valence-electron chi connectivity index (χ0n) is 22.4. The summed E-state index contributed by atoms with van der Waals surface area (Å²) in [6.45, 7) is 4.10. The fourth-order valence-electron chi connectivity index (χ4n) is 8.31. The van der Waals surface area contributed by atoms with E-state index >= 15 is 0 Å². The van der Waals surface area contributed by atoms with Crippen LogP contribution in [0.1, 0.15) is 57.4 Å². The van der Waals surface area contributed by atoms with E-state index in [9.17, 15) is 14.5 Å². The first kappa shape index (κ1) is 25.7. The van der Waals surface area contributed by atoms with Crippen molar-refractivity contribution in [1.82, 2.24) is 0 Å². The number of hydrogen-bond donors (Lipinski definition) is 1. The molecular formula is C34H36O3S. The van der Waals surface area contributed by atoms with Crippen molar-refractivity contribution >= 4 is 17.0 Å². The summed E-state index contributed by atoms with van der Waals surface area (Å²) in [5.74, 6) is 8.33. The van der Waals surface area contributed by atoms with Crippen LogP contribution in [0.2, 0.25) is 0 Å². The summed E-state index contributed by atoms with van der Waals surface area (Å²) in [6.07, 6.45) is 12.3. The Morgan fingerprint density at radius 3 is 2.37 bits per heavy atom. The van der Waals surface area contributed by atoms with Crippen molar-refractivity contribution in [2.24, 2.45) is 29.1 Å². The highest BCUT2D eigenvalue weighted by Gasteiger charge is 2.64. The molecule has 0 amide bonds. The van der Waals surface area contributed by atoms with Crippen molar-refractivity contribution in [3.8, 4) is 23.0 Å². The Morgan fingerprint density at radius 1 is 1.03 bits per heavy atom. The Hall–Kier alpha value is -2.58. The lowest BCUT2D eigenvalue weighted by Gasteiger charge is -2.56. The van der Waals surface area contributed by atoms with Crippen molar-refractivity contribution in [3.63, 3.8) is 0 Å². The predicted molar refractivity (Wildman–Crippen MR) is 153 cm³/mol. The second kappa shape index (κ2) is 9.56. The summed E-state index contributed by atoms with van der Waals surface area (Å²) in [5.41, 5.74) is 3.49. The van der Waals surface area contributed by atoms with Gasteiger partial charge in [-0.2, -0.15) is 0 Å². The van der Waals surface area contributed by atoms with Gasteiger partial charge in [0.1, 0.15) is 11.9 Å². The zero-order chi connectivity index (χ0) is 26.7. The molecule has 38 heavy (non-hydrogen) atoms. The summed E-state index contributed by atoms with van der Waals surface area (Å²) < 4.78 is 11.8. The van der Waals surface area contributed by atoms with Gasteiger partial charge in [0.2, 0.25) is 0 Å². The first-order chi connectivity index (χ1) is 18.2. The summed E-state index contributed by atoms with van der Waals surface area (Å²) in [5, 5.41) is 11.8. The minimum atomic E-state index is -0.986. The second-order valence-electron chi connectivity index (χ2n) is 12.0. The van der Waals surface area contributed by atoms with Crippen LogP contribution in [-0.2, 0) is 16.0 Å². The van der Waals surface area contributed by atoms with Gasteiger partial charge in [0.05, 0.1) is 0 Å². The zero-order valence-corrected chi connectivity index (χ0v) is 23.3. The van der Waals surface area contributed by atoms with Crippen LogP contribution in [0.3, 0.4) is 0 Å². The van der Waals surface area contributed by atoms with Crippen molar-refractivity contribution in [3.05, 3.63) is 77.9 Å². The molecule has 1 unspecified atom stereocenters. The van der Waals surface area contributed by atoms with Gasteiger partial charge in [-0.1, -0.05) is 49.3 Å². The molecule has 2 aromatic rings. The monoisotopic (exact) mass is 524 g/mol. The van der Waals surface area contributed by atoms with Crippen LogP contribution in [0.25, 0.3) is 11.1 Å². The molecule has 3 nitrogen and oxygen atoms in total. The van der Waals surface area contributed by atoms with Crippen molar-refractivity contribution in [2.45, 2.75) is 62.4 Å². The Balaban J connectivity index is 1.40. The van der Waals surface area contributed by atoms with Gasteiger partial charge in [0.25, 0.3) is 0 Å². The summed E-state index contributed by atoms with van der Waals surface area (Å²) in [6, 6.07) is 16.9. The van der Waals surface area contributed by atoms with Gasteiger partial charge in [-0.15, -0.1) is 5.92 Å². The van der Waals surface area contributed by atoms with Gasteiger partial charge in [0.15, 0.2) is 10.7 Å². The first-order valence-corrected chi connectivity index (χ1v) is 15.4. The molecule has 196 valence electrons. The third-order valence-electron chi connectivity index (χ3n) is 10.2. The van der Waals surface area contributed by atoms with Gasteiger partial charge in [-0.3, -0.25) is 4.79 Å². The molecule has 4 aliphatic rings. The molecule has 0 radical (unpaired) electrons. The van der Waals surface area contributed by atoms with Crippen LogP contribution in [0.5, 0.6) is 0 Å². The standard InChI is InChI=1S/C34H36O3S/c1-4-18-34(36)19-17-31-29-15-11-25-20-26(35)12-16-28(25)32(29)30(21-33(31,34)2)24-7-5-22(6-8-24)23-9-13-27(14-10-23)38(3)37/h5-11,13-15,20,28-32,36H,12,16-17,19,21H2,1-3H3/t28-,29-,30+,31-,32+,33-,34-,38?/m0/s1. The van der Waals surface area contributed by atoms with Crippen molar-refractivity contribution < 1.29 is 14.5 Å². The lowest BCUT2D eigenvalue weighted by Crippen LogP contribution is -2.54. The number of aliphatic hydroxyl groups is 1. The maximum absolute atomic E-state index is 12.3. The molecule has 0 aromatic heterocycles. The summed E-state index contributed by atoms with van der Waals surface area (Å²) >= 11 is -0.986. The molecule has 4 heteroatoms. The molecule has 2 aromatic carbocycles. The number of fused-ring (bicyclic) bond motifs is 5. The third-order valence-corrected chi connectivity index (χ3v) is 11.2. The van der Waals surface area contributed by atoms with Crippen LogP contribution in [0.4, 0.5) is 0 Å². The van der Waals surface area contributed by atoms with Gasteiger partial charge < -0.3 is 9.66 Å². The molecule has 8 atom stereocenters. The normalized spacial score (nSPS) is 36.3. The van der Waals surface area contributed by atoms with Gasteiger partial charge in [0, 0.05) is 11.8 Å². The van der Waals surface area contributed by atoms with Gasteiger partial charge in [-0.05, 0) is 126 Å². The minimum Gasteiger partial charge on any atom is -0.612 e. The summed E-state index contributed by atoms with van der Waals surface area (Å²) in [4.78, 5) is 13.1. The maximum atomic E-state index is 12.3. The van der Waals surface area contributed by atoms with E-state index in [1.807, 2.05) is 37.3 Å². The number of carbonyl (C=O) groups excluding carboxylic acids is 1.